The summed E-state index contributed by atoms with van der Waals surface area (Å²) in [5.41, 5.74) is 1.93. The normalized spacial score (nSPS) is 14.9. The lowest BCUT2D eigenvalue weighted by atomic mass is 10.1. The highest BCUT2D eigenvalue weighted by molar-refractivity contribution is 6.03. The fourth-order valence-corrected chi connectivity index (χ4v) is 3.83. The maximum Gasteiger partial charge on any atom is 0.330 e. The first kappa shape index (κ1) is 22.3. The van der Waals surface area contributed by atoms with E-state index in [0.29, 0.717) is 29.5 Å². The number of benzene rings is 1. The summed E-state index contributed by atoms with van der Waals surface area (Å²) in [6.07, 6.45) is 6.43. The van der Waals surface area contributed by atoms with Crippen molar-refractivity contribution in [3.8, 4) is 11.8 Å². The van der Waals surface area contributed by atoms with Crippen LogP contribution in [0.5, 0.6) is 11.8 Å². The topological polar surface area (TPSA) is 104 Å². The molecule has 10 nitrogen and oxygen atoms in total. The molecule has 2 aliphatic rings. The molecule has 1 fully saturated rings. The molecule has 1 aliphatic carbocycles. The van der Waals surface area contributed by atoms with E-state index in [1.54, 1.807) is 47.6 Å². The van der Waals surface area contributed by atoms with Gasteiger partial charge in [0.2, 0.25) is 5.91 Å². The molecule has 1 saturated carbocycles. The highest BCUT2D eigenvalue weighted by atomic mass is 16.5. The van der Waals surface area contributed by atoms with Gasteiger partial charge in [-0.3, -0.25) is 4.79 Å². The van der Waals surface area contributed by atoms with E-state index < -0.39 is 0 Å². The first-order valence-electron chi connectivity index (χ1n) is 11.2. The molecular formula is C25H25N7O3. The Morgan fingerprint density at radius 3 is 2.71 bits per heavy atom. The Morgan fingerprint density at radius 1 is 1.20 bits per heavy atom. The minimum Gasteiger partial charge on any atom is -0.423 e. The predicted octanol–water partition coefficient (Wildman–Crippen LogP) is 4.09. The van der Waals surface area contributed by atoms with Crippen LogP contribution in [0.15, 0.2) is 61.4 Å². The van der Waals surface area contributed by atoms with Gasteiger partial charge in [0.05, 0.1) is 18.4 Å². The van der Waals surface area contributed by atoms with Gasteiger partial charge in [0.25, 0.3) is 0 Å². The lowest BCUT2D eigenvalue weighted by molar-refractivity contribution is -0.111. The number of aromatic nitrogens is 3. The molecule has 1 aliphatic heterocycles. The lowest BCUT2D eigenvalue weighted by Crippen LogP contribution is -2.46. The Balaban J connectivity index is 1.50. The Labute approximate surface area is 202 Å². The van der Waals surface area contributed by atoms with Gasteiger partial charge in [-0.05, 0) is 49.2 Å². The predicted molar refractivity (Wildman–Crippen MR) is 132 cm³/mol. The van der Waals surface area contributed by atoms with Crippen molar-refractivity contribution >= 4 is 34.9 Å². The van der Waals surface area contributed by atoms with Crippen molar-refractivity contribution in [1.82, 2.24) is 19.9 Å². The number of ether oxygens (including phenoxy) is 1. The fourth-order valence-electron chi connectivity index (χ4n) is 3.83. The molecule has 35 heavy (non-hydrogen) atoms. The van der Waals surface area contributed by atoms with Crippen LogP contribution in [0.25, 0.3) is 0 Å². The first-order valence-corrected chi connectivity index (χ1v) is 11.2. The second kappa shape index (κ2) is 9.05. The maximum absolute atomic E-state index is 13.6. The fraction of sp³-hybridized carbons (Fsp3) is 0.240. The minimum atomic E-state index is -0.334. The van der Waals surface area contributed by atoms with Gasteiger partial charge in [0.1, 0.15) is 11.6 Å². The SMILES string of the molecule is C=CC(=O)Nc1cccc(N2C(=O)N(C3CC3)Cc3cnc(Oc4ccc(N(C)C)nc4)nc32)c1. The molecule has 3 heterocycles. The average molecular weight is 472 g/mol. The van der Waals surface area contributed by atoms with Crippen LogP contribution in [0, 0.1) is 0 Å². The summed E-state index contributed by atoms with van der Waals surface area (Å²) in [6.45, 7) is 3.92. The number of amides is 3. The lowest BCUT2D eigenvalue weighted by Gasteiger charge is -2.36. The highest BCUT2D eigenvalue weighted by Gasteiger charge is 2.41. The van der Waals surface area contributed by atoms with Gasteiger partial charge < -0.3 is 19.9 Å². The molecule has 0 bridgehead atoms. The number of carbonyl (C=O) groups is 2. The summed E-state index contributed by atoms with van der Waals surface area (Å²) in [4.78, 5) is 43.9. The Morgan fingerprint density at radius 2 is 2.03 bits per heavy atom. The van der Waals surface area contributed by atoms with E-state index in [-0.39, 0.29) is 24.0 Å². The van der Waals surface area contributed by atoms with Crippen LogP contribution >= 0.6 is 0 Å². The van der Waals surface area contributed by atoms with E-state index in [1.165, 1.54) is 6.08 Å². The van der Waals surface area contributed by atoms with Crippen molar-refractivity contribution in [1.29, 1.82) is 0 Å². The Hall–Kier alpha value is -4.47. The summed E-state index contributed by atoms with van der Waals surface area (Å²) in [5.74, 6) is 1.39. The molecular weight excluding hydrogens is 446 g/mol. The summed E-state index contributed by atoms with van der Waals surface area (Å²) < 4.78 is 5.85. The zero-order valence-corrected chi connectivity index (χ0v) is 19.5. The molecule has 178 valence electrons. The van der Waals surface area contributed by atoms with Crippen LogP contribution in [0.1, 0.15) is 18.4 Å². The molecule has 0 saturated heterocycles. The summed E-state index contributed by atoms with van der Waals surface area (Å²) in [7, 11) is 3.81. The number of hydrogen-bond acceptors (Lipinski definition) is 7. The number of nitrogens with one attached hydrogen (secondary N) is 1. The number of hydrogen-bond donors (Lipinski definition) is 1. The quantitative estimate of drug-likeness (QED) is 0.518. The number of pyridine rings is 1. The molecule has 10 heteroatoms. The summed E-state index contributed by atoms with van der Waals surface area (Å²) in [6, 6.07) is 10.8. The molecule has 5 rings (SSSR count). The Bertz CT molecular complexity index is 1290. The van der Waals surface area contributed by atoms with Gasteiger partial charge >= 0.3 is 12.0 Å². The molecule has 3 amide bonds. The van der Waals surface area contributed by atoms with Gasteiger partial charge in [0, 0.05) is 37.6 Å². The zero-order valence-electron chi connectivity index (χ0n) is 19.5. The van der Waals surface area contributed by atoms with Crippen molar-refractivity contribution in [2.75, 3.05) is 29.2 Å². The van der Waals surface area contributed by atoms with Crippen molar-refractivity contribution in [2.45, 2.75) is 25.4 Å². The molecule has 0 unspecified atom stereocenters. The summed E-state index contributed by atoms with van der Waals surface area (Å²) in [5, 5.41) is 2.74. The number of rotatable bonds is 7. The molecule has 0 atom stereocenters. The second-order valence-electron chi connectivity index (χ2n) is 8.57. The van der Waals surface area contributed by atoms with E-state index in [1.807, 2.05) is 30.0 Å². The average Bonchev–Trinajstić information content (AvgIpc) is 3.69. The third kappa shape index (κ3) is 4.63. The Kier molecular flexibility index (Phi) is 5.77. The van der Waals surface area contributed by atoms with Crippen LogP contribution in [0.3, 0.4) is 0 Å². The number of carbonyl (C=O) groups excluding carboxylic acids is 2. The number of fused-ring (bicyclic) bond motifs is 1. The van der Waals surface area contributed by atoms with Crippen LogP contribution in [-0.2, 0) is 11.3 Å². The van der Waals surface area contributed by atoms with Crippen molar-refractivity contribution in [3.63, 3.8) is 0 Å². The largest absolute Gasteiger partial charge is 0.423 e. The second-order valence-corrected chi connectivity index (χ2v) is 8.57. The molecule has 0 radical (unpaired) electrons. The van der Waals surface area contributed by atoms with E-state index in [4.69, 9.17) is 4.74 Å². The van der Waals surface area contributed by atoms with Crippen LogP contribution in [0.2, 0.25) is 0 Å². The van der Waals surface area contributed by atoms with Crippen molar-refractivity contribution in [2.24, 2.45) is 0 Å². The molecule has 3 aromatic rings. The highest BCUT2D eigenvalue weighted by Crippen LogP contribution is 2.40. The standard InChI is InChI=1S/C25H25N7O3/c1-4-22(33)28-17-6-5-7-19(12-17)32-23-16(15-31(25(32)34)18-8-9-18)13-27-24(29-23)35-20-10-11-21(26-14-20)30(2)3/h4-7,10-14,18H,1,8-9,15H2,2-3H3,(H,28,33). The van der Waals surface area contributed by atoms with Crippen molar-refractivity contribution < 1.29 is 14.3 Å². The van der Waals surface area contributed by atoms with E-state index in [2.05, 4.69) is 26.8 Å². The van der Waals surface area contributed by atoms with Crippen LogP contribution < -0.4 is 19.9 Å². The maximum atomic E-state index is 13.6. The zero-order chi connectivity index (χ0) is 24.5. The van der Waals surface area contributed by atoms with Crippen LogP contribution in [-0.4, -0.2) is 51.9 Å². The number of nitrogens with zero attached hydrogens (tertiary/aromatic N) is 6. The smallest absolute Gasteiger partial charge is 0.330 e. The molecule has 1 N–H and O–H groups in total. The first-order chi connectivity index (χ1) is 16.9. The van der Waals surface area contributed by atoms with E-state index in [0.717, 1.165) is 24.2 Å². The van der Waals surface area contributed by atoms with Gasteiger partial charge in [-0.2, -0.15) is 4.98 Å². The van der Waals surface area contributed by atoms with Gasteiger partial charge in [-0.15, -0.1) is 0 Å². The molecule has 2 aromatic heterocycles. The van der Waals surface area contributed by atoms with Gasteiger partial charge in [-0.25, -0.2) is 19.7 Å². The number of urea groups is 1. The molecule has 1 aromatic carbocycles. The van der Waals surface area contributed by atoms with Gasteiger partial charge in [0.15, 0.2) is 5.82 Å². The van der Waals surface area contributed by atoms with Crippen molar-refractivity contribution in [3.05, 3.63) is 67.0 Å². The van der Waals surface area contributed by atoms with E-state index >= 15 is 0 Å². The molecule has 0 spiro atoms. The summed E-state index contributed by atoms with van der Waals surface area (Å²) >= 11 is 0. The van der Waals surface area contributed by atoms with Crippen LogP contribution in [0.4, 0.5) is 27.8 Å². The number of anilines is 4. The third-order valence-corrected chi connectivity index (χ3v) is 5.74. The van der Waals surface area contributed by atoms with E-state index in [9.17, 15) is 9.59 Å². The third-order valence-electron chi connectivity index (χ3n) is 5.74. The minimum absolute atomic E-state index is 0.108. The van der Waals surface area contributed by atoms with Gasteiger partial charge in [-0.1, -0.05) is 12.6 Å². The monoisotopic (exact) mass is 471 g/mol.